The fraction of sp³-hybridized carbons (Fsp3) is 0.333. The van der Waals surface area contributed by atoms with Gasteiger partial charge in [-0.1, -0.05) is 18.6 Å². The minimum Gasteiger partial charge on any atom is -0.366 e. The number of hydrogen-bond acceptors (Lipinski definition) is 2. The third-order valence-corrected chi connectivity index (χ3v) is 3.73. The molecule has 16 heavy (non-hydrogen) atoms. The van der Waals surface area contributed by atoms with E-state index in [0.717, 1.165) is 24.8 Å². The Morgan fingerprint density at radius 1 is 1.38 bits per heavy atom. The van der Waals surface area contributed by atoms with E-state index in [1.165, 1.54) is 0 Å². The molecule has 0 bridgehead atoms. The summed E-state index contributed by atoms with van der Waals surface area (Å²) in [6.07, 6.45) is 2.80. The van der Waals surface area contributed by atoms with Crippen molar-refractivity contribution in [1.29, 1.82) is 0 Å². The van der Waals surface area contributed by atoms with Crippen molar-refractivity contribution in [2.75, 3.05) is 5.32 Å². The molecular weight excluding hydrogens is 204 g/mol. The summed E-state index contributed by atoms with van der Waals surface area (Å²) in [6.45, 7) is 0. The zero-order valence-corrected chi connectivity index (χ0v) is 8.75. The first-order chi connectivity index (χ1) is 7.65. The highest BCUT2D eigenvalue weighted by atomic mass is 16.2. The number of benzene rings is 1. The molecule has 0 atom stereocenters. The zero-order valence-electron chi connectivity index (χ0n) is 8.75. The predicted octanol–water partition coefficient (Wildman–Crippen LogP) is 1.16. The molecule has 2 aliphatic rings. The highest BCUT2D eigenvalue weighted by Gasteiger charge is 2.51. The summed E-state index contributed by atoms with van der Waals surface area (Å²) in [5.41, 5.74) is 6.90. The molecule has 0 radical (unpaired) electrons. The Labute approximate surface area is 92.8 Å². The van der Waals surface area contributed by atoms with Gasteiger partial charge in [0.05, 0.1) is 16.7 Å². The molecule has 3 N–H and O–H groups in total. The maximum atomic E-state index is 11.9. The number of primary amides is 1. The number of hydrogen-bond donors (Lipinski definition) is 2. The van der Waals surface area contributed by atoms with Gasteiger partial charge in [-0.15, -0.1) is 0 Å². The van der Waals surface area contributed by atoms with Crippen LogP contribution in [0.15, 0.2) is 18.2 Å². The van der Waals surface area contributed by atoms with E-state index in [1.54, 1.807) is 12.1 Å². The van der Waals surface area contributed by atoms with E-state index >= 15 is 0 Å². The lowest BCUT2D eigenvalue weighted by Gasteiger charge is -2.36. The Bertz CT molecular complexity index is 504. The fourth-order valence-corrected chi connectivity index (χ4v) is 2.67. The van der Waals surface area contributed by atoms with E-state index in [9.17, 15) is 9.59 Å². The fourth-order valence-electron chi connectivity index (χ4n) is 2.67. The largest absolute Gasteiger partial charge is 0.366 e. The summed E-state index contributed by atoms with van der Waals surface area (Å²) >= 11 is 0. The average Bonchev–Trinajstić information content (AvgIpc) is 2.48. The van der Waals surface area contributed by atoms with Crippen LogP contribution in [-0.4, -0.2) is 11.8 Å². The highest BCUT2D eigenvalue weighted by Crippen LogP contribution is 2.51. The molecule has 1 aliphatic carbocycles. The van der Waals surface area contributed by atoms with Crippen molar-refractivity contribution in [2.45, 2.75) is 24.7 Å². The molecule has 1 saturated carbocycles. The summed E-state index contributed by atoms with van der Waals surface area (Å²) < 4.78 is 0. The molecule has 3 rings (SSSR count). The molecule has 0 saturated heterocycles. The summed E-state index contributed by atoms with van der Waals surface area (Å²) in [5, 5.41) is 2.80. The lowest BCUT2D eigenvalue weighted by atomic mass is 9.65. The van der Waals surface area contributed by atoms with Crippen LogP contribution in [0.4, 0.5) is 5.69 Å². The SMILES string of the molecule is NC(=O)c1cccc2c1NC(=O)C21CCC1. The van der Waals surface area contributed by atoms with E-state index in [0.29, 0.717) is 11.3 Å². The number of carbonyl (C=O) groups excluding carboxylic acids is 2. The number of nitrogens with two attached hydrogens (primary N) is 1. The van der Waals surface area contributed by atoms with Gasteiger partial charge in [0.25, 0.3) is 5.91 Å². The highest BCUT2D eigenvalue weighted by molar-refractivity contribution is 6.12. The molecule has 4 heteroatoms. The number of amides is 2. The van der Waals surface area contributed by atoms with Crippen molar-refractivity contribution < 1.29 is 9.59 Å². The first-order valence-corrected chi connectivity index (χ1v) is 5.40. The van der Waals surface area contributed by atoms with Crippen molar-refractivity contribution >= 4 is 17.5 Å². The smallest absolute Gasteiger partial charge is 0.250 e. The minimum atomic E-state index is -0.492. The molecule has 1 spiro atoms. The van der Waals surface area contributed by atoms with Gasteiger partial charge in [-0.05, 0) is 24.5 Å². The maximum absolute atomic E-state index is 11.9. The standard InChI is InChI=1S/C12H12N2O2/c13-10(15)7-3-1-4-8-9(7)14-11(16)12(8)5-2-6-12/h1,3-4H,2,5-6H2,(H2,13,15)(H,14,16). The molecule has 1 aliphatic heterocycles. The van der Waals surface area contributed by atoms with Gasteiger partial charge in [0.15, 0.2) is 0 Å². The summed E-state index contributed by atoms with van der Waals surface area (Å²) in [6, 6.07) is 5.36. The van der Waals surface area contributed by atoms with E-state index in [2.05, 4.69) is 5.32 Å². The topological polar surface area (TPSA) is 72.2 Å². The van der Waals surface area contributed by atoms with Gasteiger partial charge in [-0.3, -0.25) is 9.59 Å². The Hall–Kier alpha value is -1.84. The monoisotopic (exact) mass is 216 g/mol. The van der Waals surface area contributed by atoms with Gasteiger partial charge in [0, 0.05) is 0 Å². The second kappa shape index (κ2) is 2.84. The van der Waals surface area contributed by atoms with Gasteiger partial charge in [-0.2, -0.15) is 0 Å². The predicted molar refractivity (Wildman–Crippen MR) is 59.1 cm³/mol. The van der Waals surface area contributed by atoms with Crippen LogP contribution in [0, 0.1) is 0 Å². The third kappa shape index (κ3) is 0.939. The van der Waals surface area contributed by atoms with Crippen LogP contribution >= 0.6 is 0 Å². The van der Waals surface area contributed by atoms with E-state index in [4.69, 9.17) is 5.73 Å². The number of anilines is 1. The van der Waals surface area contributed by atoms with Crippen molar-refractivity contribution in [3.8, 4) is 0 Å². The van der Waals surface area contributed by atoms with Gasteiger partial charge in [0.2, 0.25) is 5.91 Å². The molecule has 82 valence electrons. The van der Waals surface area contributed by atoms with Crippen LogP contribution in [0.1, 0.15) is 35.2 Å². The lowest BCUT2D eigenvalue weighted by molar-refractivity contribution is -0.123. The van der Waals surface area contributed by atoms with Crippen LogP contribution in [0.2, 0.25) is 0 Å². The Balaban J connectivity index is 2.21. The average molecular weight is 216 g/mol. The van der Waals surface area contributed by atoms with E-state index < -0.39 is 5.91 Å². The third-order valence-electron chi connectivity index (χ3n) is 3.73. The van der Waals surface area contributed by atoms with Gasteiger partial charge >= 0.3 is 0 Å². The first-order valence-electron chi connectivity index (χ1n) is 5.40. The van der Waals surface area contributed by atoms with Gasteiger partial charge in [-0.25, -0.2) is 0 Å². The molecule has 1 aromatic carbocycles. The Morgan fingerprint density at radius 3 is 2.69 bits per heavy atom. The lowest BCUT2D eigenvalue weighted by Crippen LogP contribution is -2.40. The minimum absolute atomic E-state index is 0.0162. The van der Waals surface area contributed by atoms with Crippen molar-refractivity contribution in [3.05, 3.63) is 29.3 Å². The second-order valence-electron chi connectivity index (χ2n) is 4.48. The zero-order chi connectivity index (χ0) is 11.3. The second-order valence-corrected chi connectivity index (χ2v) is 4.48. The van der Waals surface area contributed by atoms with E-state index in [1.807, 2.05) is 6.07 Å². The molecule has 0 unspecified atom stereocenters. The number of fused-ring (bicyclic) bond motifs is 2. The summed E-state index contributed by atoms with van der Waals surface area (Å²) in [4.78, 5) is 23.2. The molecule has 2 amide bonds. The van der Waals surface area contributed by atoms with Crippen molar-refractivity contribution in [2.24, 2.45) is 5.73 Å². The molecule has 1 fully saturated rings. The molecule has 1 heterocycles. The summed E-state index contributed by atoms with van der Waals surface area (Å²) in [5.74, 6) is -0.476. The Morgan fingerprint density at radius 2 is 2.12 bits per heavy atom. The van der Waals surface area contributed by atoms with Crippen LogP contribution in [0.25, 0.3) is 0 Å². The van der Waals surface area contributed by atoms with Crippen LogP contribution in [0.5, 0.6) is 0 Å². The molecular formula is C12H12N2O2. The number of nitrogens with one attached hydrogen (secondary N) is 1. The van der Waals surface area contributed by atoms with Gasteiger partial charge in [0.1, 0.15) is 0 Å². The van der Waals surface area contributed by atoms with Crippen LogP contribution in [0.3, 0.4) is 0 Å². The van der Waals surface area contributed by atoms with Crippen LogP contribution < -0.4 is 11.1 Å². The van der Waals surface area contributed by atoms with E-state index in [-0.39, 0.29) is 11.3 Å². The van der Waals surface area contributed by atoms with Crippen LogP contribution in [-0.2, 0) is 10.2 Å². The van der Waals surface area contributed by atoms with Crippen molar-refractivity contribution in [1.82, 2.24) is 0 Å². The molecule has 1 aromatic rings. The molecule has 0 aromatic heterocycles. The number of para-hydroxylation sites is 1. The quantitative estimate of drug-likeness (QED) is 0.739. The summed E-state index contributed by atoms with van der Waals surface area (Å²) in [7, 11) is 0. The number of rotatable bonds is 1. The number of carbonyl (C=O) groups is 2. The Kier molecular flexibility index (Phi) is 1.67. The maximum Gasteiger partial charge on any atom is 0.250 e. The first kappa shape index (κ1) is 9.39. The van der Waals surface area contributed by atoms with Crippen molar-refractivity contribution in [3.63, 3.8) is 0 Å². The van der Waals surface area contributed by atoms with Gasteiger partial charge < -0.3 is 11.1 Å². The normalized spacial score (nSPS) is 20.1. The molecule has 4 nitrogen and oxygen atoms in total.